The number of alkyl halides is 1. The highest BCUT2D eigenvalue weighted by molar-refractivity contribution is 6.20. The number of carbonyl (C=O) groups excluding carboxylic acids is 1. The van der Waals surface area contributed by atoms with Crippen LogP contribution in [0.3, 0.4) is 0 Å². The third-order valence-corrected chi connectivity index (χ3v) is 2.37. The van der Waals surface area contributed by atoms with Gasteiger partial charge in [0, 0.05) is 18.0 Å². The lowest BCUT2D eigenvalue weighted by molar-refractivity contribution is -0.385. The molecule has 92 valence electrons. The highest BCUT2D eigenvalue weighted by Crippen LogP contribution is 2.21. The Morgan fingerprint density at radius 1 is 1.59 bits per heavy atom. The molecule has 0 aliphatic carbocycles. The first-order valence-corrected chi connectivity index (χ1v) is 5.53. The first-order chi connectivity index (χ1) is 7.93. The monoisotopic (exact) mass is 256 g/mol. The minimum atomic E-state index is -0.563. The van der Waals surface area contributed by atoms with E-state index in [0.717, 1.165) is 0 Å². The van der Waals surface area contributed by atoms with Gasteiger partial charge in [-0.15, -0.1) is 11.6 Å². The number of rotatable bonds is 4. The van der Waals surface area contributed by atoms with Gasteiger partial charge in [-0.3, -0.25) is 14.9 Å². The standard InChI is InChI=1S/C11H13ClN2O3/c1-7-4-3-5-9(14(16)17)10(7)11(15)13-6-8(2)12/h3-5,8H,6H2,1-2H3,(H,13,15). The molecule has 1 aromatic carbocycles. The van der Waals surface area contributed by atoms with E-state index >= 15 is 0 Å². The lowest BCUT2D eigenvalue weighted by Gasteiger charge is -2.08. The molecule has 0 aliphatic rings. The van der Waals surface area contributed by atoms with E-state index < -0.39 is 10.8 Å². The van der Waals surface area contributed by atoms with Gasteiger partial charge < -0.3 is 5.32 Å². The lowest BCUT2D eigenvalue weighted by atomic mass is 10.1. The van der Waals surface area contributed by atoms with Gasteiger partial charge in [-0.05, 0) is 19.4 Å². The van der Waals surface area contributed by atoms with Crippen LogP contribution in [-0.2, 0) is 0 Å². The van der Waals surface area contributed by atoms with Gasteiger partial charge in [-0.25, -0.2) is 0 Å². The predicted molar refractivity (Wildman–Crippen MR) is 65.5 cm³/mol. The van der Waals surface area contributed by atoms with Crippen molar-refractivity contribution < 1.29 is 9.72 Å². The highest BCUT2D eigenvalue weighted by atomic mass is 35.5. The smallest absolute Gasteiger partial charge is 0.282 e. The molecule has 0 bridgehead atoms. The maximum absolute atomic E-state index is 11.8. The molecule has 5 nitrogen and oxygen atoms in total. The summed E-state index contributed by atoms with van der Waals surface area (Å²) in [4.78, 5) is 22.1. The normalized spacial score (nSPS) is 11.9. The van der Waals surface area contributed by atoms with Gasteiger partial charge in [-0.2, -0.15) is 0 Å². The van der Waals surface area contributed by atoms with E-state index in [4.69, 9.17) is 11.6 Å². The number of aryl methyl sites for hydroxylation is 1. The quantitative estimate of drug-likeness (QED) is 0.510. The highest BCUT2D eigenvalue weighted by Gasteiger charge is 2.21. The summed E-state index contributed by atoms with van der Waals surface area (Å²) in [6.45, 7) is 3.66. The molecule has 1 unspecified atom stereocenters. The van der Waals surface area contributed by atoms with Crippen LogP contribution in [0, 0.1) is 17.0 Å². The number of amides is 1. The third kappa shape index (κ3) is 3.42. The minimum absolute atomic E-state index is 0.0924. The summed E-state index contributed by atoms with van der Waals surface area (Å²) in [5, 5.41) is 13.2. The molecule has 1 atom stereocenters. The van der Waals surface area contributed by atoms with E-state index in [-0.39, 0.29) is 23.2 Å². The van der Waals surface area contributed by atoms with E-state index in [2.05, 4.69) is 5.32 Å². The fourth-order valence-corrected chi connectivity index (χ4v) is 1.50. The Balaban J connectivity index is 3.03. The van der Waals surface area contributed by atoms with Gasteiger partial charge in [0.1, 0.15) is 5.56 Å². The predicted octanol–water partition coefficient (Wildman–Crippen LogP) is 2.26. The van der Waals surface area contributed by atoms with E-state index in [9.17, 15) is 14.9 Å². The van der Waals surface area contributed by atoms with Crippen LogP contribution in [0.5, 0.6) is 0 Å². The number of nitrogens with zero attached hydrogens (tertiary/aromatic N) is 1. The molecule has 1 amide bonds. The zero-order valence-corrected chi connectivity index (χ0v) is 10.3. The molecule has 1 rings (SSSR count). The van der Waals surface area contributed by atoms with Crippen molar-refractivity contribution in [2.75, 3.05) is 6.54 Å². The number of hydrogen-bond donors (Lipinski definition) is 1. The molecule has 1 aromatic rings. The number of nitro benzene ring substituents is 1. The van der Waals surface area contributed by atoms with Crippen molar-refractivity contribution in [2.24, 2.45) is 0 Å². The van der Waals surface area contributed by atoms with Crippen LogP contribution < -0.4 is 5.32 Å². The number of carbonyl (C=O) groups is 1. The number of nitrogens with one attached hydrogen (secondary N) is 1. The second-order valence-electron chi connectivity index (χ2n) is 3.72. The van der Waals surface area contributed by atoms with Crippen molar-refractivity contribution in [3.05, 3.63) is 39.4 Å². The first kappa shape index (κ1) is 13.4. The minimum Gasteiger partial charge on any atom is -0.350 e. The number of benzene rings is 1. The van der Waals surface area contributed by atoms with E-state index in [0.29, 0.717) is 5.56 Å². The van der Waals surface area contributed by atoms with Crippen molar-refractivity contribution in [1.82, 2.24) is 5.32 Å². The fourth-order valence-electron chi connectivity index (χ4n) is 1.42. The molecule has 0 radical (unpaired) electrons. The molecular formula is C11H13ClN2O3. The van der Waals surface area contributed by atoms with Crippen molar-refractivity contribution in [3.63, 3.8) is 0 Å². The maximum Gasteiger partial charge on any atom is 0.282 e. The van der Waals surface area contributed by atoms with Gasteiger partial charge >= 0.3 is 0 Å². The van der Waals surface area contributed by atoms with E-state index in [1.165, 1.54) is 6.07 Å². The largest absolute Gasteiger partial charge is 0.350 e. The van der Waals surface area contributed by atoms with Crippen LogP contribution in [0.2, 0.25) is 0 Å². The molecular weight excluding hydrogens is 244 g/mol. The van der Waals surface area contributed by atoms with Gasteiger partial charge in [0.2, 0.25) is 0 Å². The first-order valence-electron chi connectivity index (χ1n) is 5.09. The van der Waals surface area contributed by atoms with E-state index in [1.54, 1.807) is 26.0 Å². The van der Waals surface area contributed by atoms with Crippen molar-refractivity contribution in [3.8, 4) is 0 Å². The number of hydrogen-bond acceptors (Lipinski definition) is 3. The summed E-state index contributed by atoms with van der Waals surface area (Å²) >= 11 is 5.70. The summed E-state index contributed by atoms with van der Waals surface area (Å²) in [7, 11) is 0. The third-order valence-electron chi connectivity index (χ3n) is 2.22. The summed E-state index contributed by atoms with van der Waals surface area (Å²) in [6, 6.07) is 4.52. The molecule has 0 heterocycles. The van der Waals surface area contributed by atoms with Gasteiger partial charge in [0.15, 0.2) is 0 Å². The summed E-state index contributed by atoms with van der Waals surface area (Å²) in [6.07, 6.45) is 0. The second kappa shape index (κ2) is 5.63. The molecule has 0 fully saturated rings. The molecule has 1 N–H and O–H groups in total. The van der Waals surface area contributed by atoms with Crippen molar-refractivity contribution in [2.45, 2.75) is 19.2 Å². The van der Waals surface area contributed by atoms with Crippen LogP contribution in [0.15, 0.2) is 18.2 Å². The van der Waals surface area contributed by atoms with Crippen LogP contribution in [0.25, 0.3) is 0 Å². The second-order valence-corrected chi connectivity index (χ2v) is 4.46. The summed E-state index contributed by atoms with van der Waals surface area (Å²) in [5.41, 5.74) is 0.471. The van der Waals surface area contributed by atoms with Gasteiger partial charge in [-0.1, -0.05) is 12.1 Å². The molecule has 0 aliphatic heterocycles. The Hall–Kier alpha value is -1.62. The van der Waals surface area contributed by atoms with Crippen LogP contribution >= 0.6 is 11.6 Å². The molecule has 17 heavy (non-hydrogen) atoms. The van der Waals surface area contributed by atoms with Crippen molar-refractivity contribution >= 4 is 23.2 Å². The Morgan fingerprint density at radius 2 is 2.24 bits per heavy atom. The van der Waals surface area contributed by atoms with Crippen LogP contribution in [0.1, 0.15) is 22.8 Å². The van der Waals surface area contributed by atoms with Crippen molar-refractivity contribution in [1.29, 1.82) is 0 Å². The fraction of sp³-hybridized carbons (Fsp3) is 0.364. The topological polar surface area (TPSA) is 72.2 Å². The van der Waals surface area contributed by atoms with Gasteiger partial charge in [0.05, 0.1) is 4.92 Å². The maximum atomic E-state index is 11.8. The molecule has 0 saturated carbocycles. The SMILES string of the molecule is Cc1cccc([N+](=O)[O-])c1C(=O)NCC(C)Cl. The van der Waals surface area contributed by atoms with E-state index in [1.807, 2.05) is 0 Å². The Kier molecular flexibility index (Phi) is 4.45. The summed E-state index contributed by atoms with van der Waals surface area (Å²) in [5.74, 6) is -0.470. The number of nitro groups is 1. The zero-order valence-electron chi connectivity index (χ0n) is 9.57. The Labute approximate surface area is 104 Å². The molecule has 0 saturated heterocycles. The average Bonchev–Trinajstić information content (AvgIpc) is 2.25. The number of halogens is 1. The zero-order chi connectivity index (χ0) is 13.0. The van der Waals surface area contributed by atoms with Crippen LogP contribution in [-0.4, -0.2) is 22.8 Å². The van der Waals surface area contributed by atoms with Crippen LogP contribution in [0.4, 0.5) is 5.69 Å². The Bertz CT molecular complexity index is 446. The molecule has 0 aromatic heterocycles. The summed E-state index contributed by atoms with van der Waals surface area (Å²) < 4.78 is 0. The molecule has 6 heteroatoms. The average molecular weight is 257 g/mol. The molecule has 0 spiro atoms. The van der Waals surface area contributed by atoms with Gasteiger partial charge in [0.25, 0.3) is 11.6 Å². The lowest BCUT2D eigenvalue weighted by Crippen LogP contribution is -2.29. The Morgan fingerprint density at radius 3 is 2.76 bits per heavy atom.